The Labute approximate surface area is 272 Å². The van der Waals surface area contributed by atoms with E-state index in [1.807, 2.05) is 0 Å². The third-order valence-electron chi connectivity index (χ3n) is 11.0. The molecule has 10 heteroatoms. The number of rotatable bonds is 6. The average molecular weight is 642 g/mol. The molecule has 3 aliphatic heterocycles. The summed E-state index contributed by atoms with van der Waals surface area (Å²) in [6, 6.07) is 7.61. The van der Waals surface area contributed by atoms with Gasteiger partial charge in [-0.15, -0.1) is 6.42 Å². The van der Waals surface area contributed by atoms with Crippen LogP contribution < -0.4 is 15.0 Å². The molecule has 1 aliphatic carbocycles. The molecule has 1 aromatic heterocycles. The number of hydrogen-bond acceptors (Lipinski definition) is 7. The van der Waals surface area contributed by atoms with Gasteiger partial charge in [-0.2, -0.15) is 9.97 Å². The molecule has 3 saturated heterocycles. The first kappa shape index (κ1) is 30.3. The number of anilines is 1. The zero-order chi connectivity index (χ0) is 32.6. The summed E-state index contributed by atoms with van der Waals surface area (Å²) in [4.78, 5) is 14.0. The number of phenolic OH excluding ortho intramolecular Hbond substituents is 1. The van der Waals surface area contributed by atoms with E-state index in [0.29, 0.717) is 42.9 Å². The second-order valence-electron chi connectivity index (χ2n) is 14.3. The van der Waals surface area contributed by atoms with Gasteiger partial charge in [0.1, 0.15) is 28.7 Å². The number of terminal acetylenes is 1. The highest BCUT2D eigenvalue weighted by atomic mass is 19.1. The quantitative estimate of drug-likeness (QED) is 0.237. The van der Waals surface area contributed by atoms with Crippen LogP contribution in [0.3, 0.4) is 0 Å². The van der Waals surface area contributed by atoms with Crippen LogP contribution in [0.5, 0.6) is 11.8 Å². The van der Waals surface area contributed by atoms with Crippen molar-refractivity contribution >= 4 is 27.5 Å². The van der Waals surface area contributed by atoms with Crippen LogP contribution in [-0.2, 0) is 0 Å². The zero-order valence-corrected chi connectivity index (χ0v) is 26.6. The monoisotopic (exact) mass is 641 g/mol. The van der Waals surface area contributed by atoms with Crippen LogP contribution in [0.25, 0.3) is 32.8 Å². The number of nitrogens with zero attached hydrogens (tertiary/aromatic N) is 4. The lowest BCUT2D eigenvalue weighted by Gasteiger charge is -2.45. The Morgan fingerprint density at radius 1 is 1.04 bits per heavy atom. The Morgan fingerprint density at radius 2 is 1.81 bits per heavy atom. The smallest absolute Gasteiger partial charge is 0.319 e. The maximum Gasteiger partial charge on any atom is 0.319 e. The van der Waals surface area contributed by atoms with Crippen molar-refractivity contribution in [2.24, 2.45) is 11.3 Å². The molecule has 4 heterocycles. The van der Waals surface area contributed by atoms with Gasteiger partial charge >= 0.3 is 6.01 Å². The van der Waals surface area contributed by atoms with E-state index in [1.54, 1.807) is 0 Å². The molecule has 4 aliphatic rings. The van der Waals surface area contributed by atoms with Gasteiger partial charge in [-0.3, -0.25) is 4.90 Å². The highest BCUT2D eigenvalue weighted by Crippen LogP contribution is 2.43. The minimum Gasteiger partial charge on any atom is -0.508 e. The number of halogens is 3. The summed E-state index contributed by atoms with van der Waals surface area (Å²) in [5.74, 6) is 0.365. The van der Waals surface area contributed by atoms with Crippen LogP contribution >= 0.6 is 0 Å². The molecule has 7 nitrogen and oxygen atoms in total. The number of phenols is 1. The number of hydrogen-bond donors (Lipinski definition) is 2. The van der Waals surface area contributed by atoms with Gasteiger partial charge in [-0.05, 0) is 74.2 Å². The van der Waals surface area contributed by atoms with Crippen molar-refractivity contribution in [3.8, 4) is 35.2 Å². The number of benzene rings is 3. The van der Waals surface area contributed by atoms with E-state index in [1.165, 1.54) is 43.2 Å². The fourth-order valence-corrected chi connectivity index (χ4v) is 8.02. The Morgan fingerprint density at radius 3 is 2.53 bits per heavy atom. The molecule has 0 amide bonds. The van der Waals surface area contributed by atoms with Crippen LogP contribution in [0.15, 0.2) is 30.3 Å². The van der Waals surface area contributed by atoms with E-state index < -0.39 is 23.0 Å². The van der Waals surface area contributed by atoms with Crippen LogP contribution in [-0.4, -0.2) is 70.9 Å². The second-order valence-corrected chi connectivity index (χ2v) is 14.3. The number of likely N-dealkylation sites (tertiary alicyclic amines) is 1. The normalized spacial score (nSPS) is 26.2. The van der Waals surface area contributed by atoms with E-state index in [-0.39, 0.29) is 56.7 Å². The fourth-order valence-electron chi connectivity index (χ4n) is 8.02. The van der Waals surface area contributed by atoms with E-state index in [9.17, 15) is 9.50 Å². The summed E-state index contributed by atoms with van der Waals surface area (Å²) < 4.78 is 54.5. The van der Waals surface area contributed by atoms with Crippen molar-refractivity contribution in [3.63, 3.8) is 0 Å². The predicted octanol–water partition coefficient (Wildman–Crippen LogP) is 6.38. The highest BCUT2D eigenvalue weighted by molar-refractivity contribution is 6.04. The van der Waals surface area contributed by atoms with Crippen molar-refractivity contribution in [2.45, 2.75) is 64.1 Å². The lowest BCUT2D eigenvalue weighted by atomic mass is 9.74. The molecule has 4 fully saturated rings. The van der Waals surface area contributed by atoms with Gasteiger partial charge in [-0.25, -0.2) is 13.2 Å². The molecule has 2 bridgehead atoms. The number of nitrogens with one attached hydrogen (secondary N) is 1. The predicted molar refractivity (Wildman–Crippen MR) is 176 cm³/mol. The molecule has 2 N–H and O–H groups in total. The van der Waals surface area contributed by atoms with Gasteiger partial charge in [0.2, 0.25) is 0 Å². The van der Waals surface area contributed by atoms with Gasteiger partial charge in [-0.1, -0.05) is 25.8 Å². The van der Waals surface area contributed by atoms with E-state index in [2.05, 4.69) is 39.9 Å². The molecule has 4 aromatic rings. The number of aromatic nitrogens is 2. The van der Waals surface area contributed by atoms with Crippen LogP contribution in [0, 0.1) is 41.1 Å². The largest absolute Gasteiger partial charge is 0.508 e. The topological polar surface area (TPSA) is 73.8 Å². The van der Waals surface area contributed by atoms with Gasteiger partial charge < -0.3 is 20.1 Å². The first-order chi connectivity index (χ1) is 22.6. The lowest BCUT2D eigenvalue weighted by Crippen LogP contribution is -2.51. The van der Waals surface area contributed by atoms with Crippen molar-refractivity contribution in [3.05, 3.63) is 53.3 Å². The van der Waals surface area contributed by atoms with Crippen molar-refractivity contribution in [1.82, 2.24) is 20.2 Å². The Bertz CT molecular complexity index is 1950. The molecule has 0 radical (unpaired) electrons. The van der Waals surface area contributed by atoms with Gasteiger partial charge in [0.25, 0.3) is 0 Å². The number of aromatic hydroxyl groups is 1. The molecule has 4 atom stereocenters. The molecular formula is C37H38F3N5O2. The zero-order valence-electron chi connectivity index (χ0n) is 26.6. The summed E-state index contributed by atoms with van der Waals surface area (Å²) in [6.45, 7) is 8.09. The van der Waals surface area contributed by atoms with E-state index in [0.717, 1.165) is 32.4 Å². The van der Waals surface area contributed by atoms with Crippen molar-refractivity contribution in [1.29, 1.82) is 0 Å². The van der Waals surface area contributed by atoms with Gasteiger partial charge in [0, 0.05) is 59.5 Å². The summed E-state index contributed by atoms with van der Waals surface area (Å²) in [5, 5.41) is 14.9. The maximum atomic E-state index is 16.9. The minimum absolute atomic E-state index is 0.0305. The molecule has 0 spiro atoms. The third-order valence-corrected chi connectivity index (χ3v) is 11.0. The molecule has 47 heavy (non-hydrogen) atoms. The fraction of sp³-hybridized carbons (Fsp3) is 0.459. The maximum absolute atomic E-state index is 16.9. The number of fused-ring (bicyclic) bond motifs is 4. The van der Waals surface area contributed by atoms with Gasteiger partial charge in [0.15, 0.2) is 5.82 Å². The first-order valence-corrected chi connectivity index (χ1v) is 16.6. The Balaban J connectivity index is 1.27. The summed E-state index contributed by atoms with van der Waals surface area (Å²) in [7, 11) is 0. The summed E-state index contributed by atoms with van der Waals surface area (Å²) in [6.07, 6.45) is 11.2. The minimum atomic E-state index is -0.956. The molecule has 3 aromatic carbocycles. The average Bonchev–Trinajstić information content (AvgIpc) is 3.85. The van der Waals surface area contributed by atoms with Crippen molar-refractivity contribution < 1.29 is 23.0 Å². The first-order valence-electron chi connectivity index (χ1n) is 16.6. The van der Waals surface area contributed by atoms with E-state index in [4.69, 9.17) is 16.1 Å². The Hall–Kier alpha value is -4.07. The van der Waals surface area contributed by atoms with Gasteiger partial charge in [0.05, 0.1) is 17.7 Å². The molecule has 244 valence electrons. The second kappa shape index (κ2) is 11.3. The third kappa shape index (κ3) is 5.24. The van der Waals surface area contributed by atoms with Crippen molar-refractivity contribution in [2.75, 3.05) is 37.7 Å². The molecular weight excluding hydrogens is 603 g/mol. The molecule has 1 saturated carbocycles. The number of piperazine rings is 1. The molecule has 2 unspecified atom stereocenters. The summed E-state index contributed by atoms with van der Waals surface area (Å²) in [5.41, 5.74) is -0.921. The standard InChI is InChI=1S/C37H38F3N5O2/c1-4-26-29(38)10-5-21-13-25(46)14-27(31(21)26)32-30(39)15-28-34(33(32)40)42-36(43-35(28)45-16-22-6-7-23(17-45)41-22)47-19-37(3)18-44(24-8-9-24)12-11-20(37)2/h1,5,10,13-15,20,22-24,41,46H,6-9,11-12,16-19H2,2-3H3/t20?,22-,23+,37?. The van der Waals surface area contributed by atoms with E-state index >= 15 is 8.78 Å². The SMILES string of the molecule is C#Cc1c(F)ccc2cc(O)cc(-c3c(F)cc4c(N5C[C@H]6CC[C@@H](C5)N6)nc(OCC5(C)CN(C6CC6)CCC5C)nc4c3F)c12. The van der Waals surface area contributed by atoms with Crippen LogP contribution in [0.2, 0.25) is 0 Å². The highest BCUT2D eigenvalue weighted by Gasteiger charge is 2.43. The van der Waals surface area contributed by atoms with Crippen LogP contribution in [0.1, 0.15) is 51.5 Å². The lowest BCUT2D eigenvalue weighted by molar-refractivity contribution is 0.00500. The van der Waals surface area contributed by atoms with Crippen LogP contribution in [0.4, 0.5) is 19.0 Å². The molecule has 8 rings (SSSR count). The number of ether oxygens (including phenoxy) is 1. The number of piperidine rings is 1. The summed E-state index contributed by atoms with van der Waals surface area (Å²) >= 11 is 0. The Kier molecular flexibility index (Phi) is 7.26.